The standard InChI is InChI=1S/C5H11N3/c1-5(6-2)7-8(3)4/h2H2,1,3-4H3/b7-5-. The van der Waals surface area contributed by atoms with Crippen LogP contribution in [0.25, 0.3) is 0 Å². The molecule has 0 heterocycles. The molecule has 0 saturated carbocycles. The topological polar surface area (TPSA) is 28.0 Å². The average molecular weight is 113 g/mol. The second kappa shape index (κ2) is 3.18. The SMILES string of the molecule is C=N/C(C)=N\N(C)C. The fraction of sp³-hybridized carbons (Fsp3) is 0.600. The molecule has 0 spiro atoms. The lowest BCUT2D eigenvalue weighted by molar-refractivity contribution is 0.437. The minimum Gasteiger partial charge on any atom is -0.301 e. The molecule has 8 heavy (non-hydrogen) atoms. The van der Waals surface area contributed by atoms with Crippen molar-refractivity contribution in [2.75, 3.05) is 14.1 Å². The van der Waals surface area contributed by atoms with Crippen LogP contribution in [0, 0.1) is 0 Å². The molecule has 0 atom stereocenters. The largest absolute Gasteiger partial charge is 0.301 e. The van der Waals surface area contributed by atoms with Gasteiger partial charge in [0.25, 0.3) is 0 Å². The molecule has 46 valence electrons. The van der Waals surface area contributed by atoms with E-state index in [1.807, 2.05) is 14.1 Å². The first kappa shape index (κ1) is 7.14. The molecule has 0 N–H and O–H groups in total. The summed E-state index contributed by atoms with van der Waals surface area (Å²) in [5.41, 5.74) is 0. The van der Waals surface area contributed by atoms with Gasteiger partial charge in [0.1, 0.15) is 5.84 Å². The van der Waals surface area contributed by atoms with E-state index in [9.17, 15) is 0 Å². The van der Waals surface area contributed by atoms with Crippen LogP contribution in [-0.2, 0) is 0 Å². The summed E-state index contributed by atoms with van der Waals surface area (Å²) in [5.74, 6) is 0.690. The van der Waals surface area contributed by atoms with Crippen molar-refractivity contribution in [2.24, 2.45) is 10.1 Å². The van der Waals surface area contributed by atoms with Gasteiger partial charge >= 0.3 is 0 Å². The summed E-state index contributed by atoms with van der Waals surface area (Å²) in [7, 11) is 3.68. The maximum atomic E-state index is 3.92. The maximum Gasteiger partial charge on any atom is 0.144 e. The van der Waals surface area contributed by atoms with Crippen LogP contribution >= 0.6 is 0 Å². The summed E-state index contributed by atoms with van der Waals surface area (Å²) in [6, 6.07) is 0. The van der Waals surface area contributed by atoms with Crippen molar-refractivity contribution < 1.29 is 0 Å². The Bertz CT molecular complexity index is 104. The molecule has 0 unspecified atom stereocenters. The van der Waals surface area contributed by atoms with Crippen molar-refractivity contribution >= 4 is 12.6 Å². The molecule has 0 aliphatic heterocycles. The van der Waals surface area contributed by atoms with Crippen molar-refractivity contribution in [1.29, 1.82) is 0 Å². The third-order valence-corrected chi connectivity index (χ3v) is 0.574. The molecule has 0 aromatic heterocycles. The van der Waals surface area contributed by atoms with E-state index in [0.717, 1.165) is 0 Å². The van der Waals surface area contributed by atoms with Crippen LogP contribution in [0.5, 0.6) is 0 Å². The van der Waals surface area contributed by atoms with E-state index in [4.69, 9.17) is 0 Å². The minimum absolute atomic E-state index is 0.690. The molecule has 0 radical (unpaired) electrons. The molecule has 0 rings (SSSR count). The predicted octanol–water partition coefficient (Wildman–Crippen LogP) is 0.582. The Hall–Kier alpha value is -0.860. The highest BCUT2D eigenvalue weighted by molar-refractivity contribution is 5.83. The van der Waals surface area contributed by atoms with Crippen molar-refractivity contribution in [3.05, 3.63) is 0 Å². The lowest BCUT2D eigenvalue weighted by atomic mass is 10.7. The number of nitrogens with zero attached hydrogens (tertiary/aromatic N) is 3. The summed E-state index contributed by atoms with van der Waals surface area (Å²) in [4.78, 5) is 3.59. The van der Waals surface area contributed by atoms with Gasteiger partial charge in [-0.2, -0.15) is 5.10 Å². The summed E-state index contributed by atoms with van der Waals surface area (Å²) in [5, 5.41) is 5.60. The Morgan fingerprint density at radius 3 is 2.12 bits per heavy atom. The van der Waals surface area contributed by atoms with E-state index >= 15 is 0 Å². The summed E-state index contributed by atoms with van der Waals surface area (Å²) < 4.78 is 0. The van der Waals surface area contributed by atoms with Gasteiger partial charge in [-0.3, -0.25) is 0 Å². The van der Waals surface area contributed by atoms with Gasteiger partial charge in [0, 0.05) is 14.1 Å². The monoisotopic (exact) mass is 113 g/mol. The van der Waals surface area contributed by atoms with Crippen molar-refractivity contribution in [2.45, 2.75) is 6.92 Å². The maximum absolute atomic E-state index is 3.92. The zero-order valence-electron chi connectivity index (χ0n) is 5.55. The quantitative estimate of drug-likeness (QED) is 0.278. The number of hydrogen-bond donors (Lipinski definition) is 0. The number of hydrogen-bond acceptors (Lipinski definition) is 2. The number of amidine groups is 1. The molecule has 0 fully saturated rings. The highest BCUT2D eigenvalue weighted by atomic mass is 15.4. The van der Waals surface area contributed by atoms with Crippen LogP contribution < -0.4 is 0 Å². The normalized spacial score (nSPS) is 11.1. The van der Waals surface area contributed by atoms with Gasteiger partial charge in [0.15, 0.2) is 0 Å². The first-order chi connectivity index (χ1) is 3.66. The molecule has 0 amide bonds. The first-order valence-electron chi connectivity index (χ1n) is 2.36. The Morgan fingerprint density at radius 2 is 2.00 bits per heavy atom. The van der Waals surface area contributed by atoms with E-state index in [2.05, 4.69) is 16.8 Å². The lowest BCUT2D eigenvalue weighted by Gasteiger charge is -2.02. The molecule has 0 aliphatic carbocycles. The van der Waals surface area contributed by atoms with Gasteiger partial charge < -0.3 is 5.01 Å². The Morgan fingerprint density at radius 1 is 1.50 bits per heavy atom. The van der Waals surface area contributed by atoms with Gasteiger partial charge in [-0.15, -0.1) is 0 Å². The van der Waals surface area contributed by atoms with E-state index in [1.165, 1.54) is 0 Å². The van der Waals surface area contributed by atoms with Crippen LogP contribution in [-0.4, -0.2) is 31.7 Å². The van der Waals surface area contributed by atoms with Gasteiger partial charge in [-0.05, 0) is 13.6 Å². The first-order valence-corrected chi connectivity index (χ1v) is 2.36. The number of hydrazone groups is 1. The lowest BCUT2D eigenvalue weighted by Crippen LogP contribution is -2.04. The van der Waals surface area contributed by atoms with Gasteiger partial charge in [0.05, 0.1) is 0 Å². The molecule has 0 bridgehead atoms. The highest BCUT2D eigenvalue weighted by Crippen LogP contribution is 1.79. The summed E-state index contributed by atoms with van der Waals surface area (Å²) in [6.07, 6.45) is 0. The second-order valence-electron chi connectivity index (χ2n) is 1.65. The van der Waals surface area contributed by atoms with E-state index in [-0.39, 0.29) is 0 Å². The number of rotatable bonds is 1. The highest BCUT2D eigenvalue weighted by Gasteiger charge is 1.80. The van der Waals surface area contributed by atoms with Gasteiger partial charge in [0.2, 0.25) is 0 Å². The fourth-order valence-corrected chi connectivity index (χ4v) is 0.321. The molecule has 0 aromatic rings. The van der Waals surface area contributed by atoms with Crippen LogP contribution in [0.3, 0.4) is 0 Å². The number of aliphatic imine (C=N–C) groups is 1. The van der Waals surface area contributed by atoms with Crippen LogP contribution in [0.1, 0.15) is 6.92 Å². The second-order valence-corrected chi connectivity index (χ2v) is 1.65. The van der Waals surface area contributed by atoms with E-state index < -0.39 is 0 Å². The molecule has 0 aromatic carbocycles. The average Bonchev–Trinajstić information content (AvgIpc) is 1.65. The summed E-state index contributed by atoms with van der Waals surface area (Å²) in [6.45, 7) is 5.10. The predicted molar refractivity (Wildman–Crippen MR) is 36.3 cm³/mol. The minimum atomic E-state index is 0.690. The van der Waals surface area contributed by atoms with Crippen molar-refractivity contribution in [3.8, 4) is 0 Å². The Balaban J connectivity index is 3.74. The molecule has 3 nitrogen and oxygen atoms in total. The molecular weight excluding hydrogens is 102 g/mol. The third-order valence-electron chi connectivity index (χ3n) is 0.574. The zero-order chi connectivity index (χ0) is 6.57. The Labute approximate surface area is 49.7 Å². The van der Waals surface area contributed by atoms with Crippen LogP contribution in [0.15, 0.2) is 10.1 Å². The van der Waals surface area contributed by atoms with Crippen molar-refractivity contribution in [3.63, 3.8) is 0 Å². The Kier molecular flexibility index (Phi) is 2.84. The fourth-order valence-electron chi connectivity index (χ4n) is 0.321. The van der Waals surface area contributed by atoms with Gasteiger partial charge in [-0.1, -0.05) is 0 Å². The smallest absolute Gasteiger partial charge is 0.144 e. The molecule has 0 aliphatic rings. The molecule has 3 heteroatoms. The van der Waals surface area contributed by atoms with Crippen molar-refractivity contribution in [1.82, 2.24) is 5.01 Å². The summed E-state index contributed by atoms with van der Waals surface area (Å²) >= 11 is 0. The molecular formula is C5H11N3. The molecule has 0 saturated heterocycles. The van der Waals surface area contributed by atoms with Gasteiger partial charge in [-0.25, -0.2) is 4.99 Å². The van der Waals surface area contributed by atoms with E-state index in [0.29, 0.717) is 5.84 Å². The third kappa shape index (κ3) is 3.33. The van der Waals surface area contributed by atoms with Crippen LogP contribution in [0.4, 0.5) is 0 Å². The van der Waals surface area contributed by atoms with E-state index in [1.54, 1.807) is 11.9 Å². The zero-order valence-corrected chi connectivity index (χ0v) is 5.55. The van der Waals surface area contributed by atoms with Crippen LogP contribution in [0.2, 0.25) is 0 Å².